The van der Waals surface area contributed by atoms with Crippen LogP contribution in [-0.4, -0.2) is 41.5 Å². The van der Waals surface area contributed by atoms with Gasteiger partial charge < -0.3 is 15.3 Å². The standard InChI is InChI=1S/C16H22N2O3/c19-15(8-11-18-9-4-5-10-18)17-14(12-16(20)21)13-6-2-1-3-7-13/h1-3,6-7,14H,4-5,8-12H2,(H,17,19)(H,20,21). The lowest BCUT2D eigenvalue weighted by Crippen LogP contribution is -2.33. The zero-order valence-corrected chi connectivity index (χ0v) is 12.1. The van der Waals surface area contributed by atoms with E-state index in [2.05, 4.69) is 10.2 Å². The zero-order valence-electron chi connectivity index (χ0n) is 12.1. The van der Waals surface area contributed by atoms with E-state index in [-0.39, 0.29) is 12.3 Å². The van der Waals surface area contributed by atoms with Gasteiger partial charge in [-0.25, -0.2) is 0 Å². The van der Waals surface area contributed by atoms with Crippen LogP contribution in [-0.2, 0) is 9.59 Å². The molecule has 0 saturated carbocycles. The Kier molecular flexibility index (Phi) is 5.75. The zero-order chi connectivity index (χ0) is 15.1. The number of rotatable bonds is 7. The molecule has 114 valence electrons. The molecule has 0 aliphatic carbocycles. The Hall–Kier alpha value is -1.88. The molecule has 21 heavy (non-hydrogen) atoms. The number of carboxylic acids is 1. The van der Waals surface area contributed by atoms with E-state index >= 15 is 0 Å². The van der Waals surface area contributed by atoms with Crippen LogP contribution in [0.4, 0.5) is 0 Å². The SMILES string of the molecule is O=C(O)CC(NC(=O)CCN1CCCC1)c1ccccc1. The molecule has 1 heterocycles. The molecule has 0 bridgehead atoms. The second kappa shape index (κ2) is 7.78. The van der Waals surface area contributed by atoms with Gasteiger partial charge in [0.25, 0.3) is 0 Å². The van der Waals surface area contributed by atoms with Gasteiger partial charge in [0.1, 0.15) is 0 Å². The number of benzene rings is 1. The van der Waals surface area contributed by atoms with Crippen LogP contribution in [0, 0.1) is 0 Å². The fraction of sp³-hybridized carbons (Fsp3) is 0.500. The highest BCUT2D eigenvalue weighted by Gasteiger charge is 2.19. The molecule has 1 atom stereocenters. The van der Waals surface area contributed by atoms with Gasteiger partial charge in [-0.05, 0) is 31.5 Å². The van der Waals surface area contributed by atoms with Crippen LogP contribution < -0.4 is 5.32 Å². The number of hydrogen-bond acceptors (Lipinski definition) is 3. The Morgan fingerprint density at radius 3 is 2.48 bits per heavy atom. The summed E-state index contributed by atoms with van der Waals surface area (Å²) < 4.78 is 0. The summed E-state index contributed by atoms with van der Waals surface area (Å²) in [6.45, 7) is 2.87. The van der Waals surface area contributed by atoms with Crippen molar-refractivity contribution in [3.8, 4) is 0 Å². The molecule has 0 aromatic heterocycles. The van der Waals surface area contributed by atoms with Gasteiger partial charge in [-0.3, -0.25) is 9.59 Å². The first-order chi connectivity index (χ1) is 10.1. The largest absolute Gasteiger partial charge is 0.481 e. The van der Waals surface area contributed by atoms with Crippen molar-refractivity contribution in [2.75, 3.05) is 19.6 Å². The maximum Gasteiger partial charge on any atom is 0.305 e. The van der Waals surface area contributed by atoms with E-state index in [0.29, 0.717) is 6.42 Å². The number of carboxylic acid groups (broad SMARTS) is 1. The Morgan fingerprint density at radius 2 is 1.86 bits per heavy atom. The van der Waals surface area contributed by atoms with Gasteiger partial charge in [0.2, 0.25) is 5.91 Å². The Labute approximate surface area is 125 Å². The summed E-state index contributed by atoms with van der Waals surface area (Å²) in [6.07, 6.45) is 2.73. The molecule has 1 aromatic rings. The third-order valence-corrected chi connectivity index (χ3v) is 3.77. The monoisotopic (exact) mass is 290 g/mol. The number of nitrogens with zero attached hydrogens (tertiary/aromatic N) is 1. The molecule has 0 spiro atoms. The van der Waals surface area contributed by atoms with Crippen LogP contribution in [0.1, 0.15) is 37.3 Å². The van der Waals surface area contributed by atoms with Gasteiger partial charge in [-0.15, -0.1) is 0 Å². The summed E-state index contributed by atoms with van der Waals surface area (Å²) >= 11 is 0. The molecule has 5 heteroatoms. The summed E-state index contributed by atoms with van der Waals surface area (Å²) in [7, 11) is 0. The maximum atomic E-state index is 12.0. The van der Waals surface area contributed by atoms with E-state index < -0.39 is 12.0 Å². The Bertz CT molecular complexity index is 470. The first kappa shape index (κ1) is 15.5. The van der Waals surface area contributed by atoms with Gasteiger partial charge in [0.05, 0.1) is 12.5 Å². The molecule has 1 aliphatic rings. The lowest BCUT2D eigenvalue weighted by atomic mass is 10.0. The Morgan fingerprint density at radius 1 is 1.19 bits per heavy atom. The highest BCUT2D eigenvalue weighted by molar-refractivity contribution is 5.77. The average molecular weight is 290 g/mol. The molecular weight excluding hydrogens is 268 g/mol. The van der Waals surface area contributed by atoms with Crippen LogP contribution in [0.15, 0.2) is 30.3 Å². The molecule has 2 rings (SSSR count). The molecule has 0 radical (unpaired) electrons. The number of hydrogen-bond donors (Lipinski definition) is 2. The molecule has 1 saturated heterocycles. The van der Waals surface area contributed by atoms with Crippen molar-refractivity contribution in [2.24, 2.45) is 0 Å². The van der Waals surface area contributed by atoms with Crippen LogP contribution in [0.2, 0.25) is 0 Å². The molecule has 1 amide bonds. The fourth-order valence-corrected chi connectivity index (χ4v) is 2.64. The van der Waals surface area contributed by atoms with Crippen molar-refractivity contribution in [3.63, 3.8) is 0 Å². The van der Waals surface area contributed by atoms with Gasteiger partial charge >= 0.3 is 5.97 Å². The van der Waals surface area contributed by atoms with Crippen molar-refractivity contribution in [2.45, 2.75) is 31.7 Å². The van der Waals surface area contributed by atoms with Crippen LogP contribution in [0.3, 0.4) is 0 Å². The maximum absolute atomic E-state index is 12.0. The normalized spacial score (nSPS) is 16.6. The van der Waals surface area contributed by atoms with Crippen LogP contribution in [0.5, 0.6) is 0 Å². The first-order valence-electron chi connectivity index (χ1n) is 7.43. The fourth-order valence-electron chi connectivity index (χ4n) is 2.64. The summed E-state index contributed by atoms with van der Waals surface area (Å²) in [6, 6.07) is 8.79. The number of carbonyl (C=O) groups is 2. The highest BCUT2D eigenvalue weighted by Crippen LogP contribution is 2.17. The van der Waals surface area contributed by atoms with Crippen molar-refractivity contribution in [3.05, 3.63) is 35.9 Å². The van der Waals surface area contributed by atoms with E-state index in [4.69, 9.17) is 5.11 Å². The first-order valence-corrected chi connectivity index (χ1v) is 7.43. The molecule has 1 unspecified atom stereocenters. The minimum absolute atomic E-state index is 0.0861. The molecule has 1 fully saturated rings. The number of nitrogens with one attached hydrogen (secondary N) is 1. The lowest BCUT2D eigenvalue weighted by Gasteiger charge is -2.19. The van der Waals surface area contributed by atoms with E-state index in [1.165, 1.54) is 12.8 Å². The summed E-state index contributed by atoms with van der Waals surface area (Å²) in [4.78, 5) is 25.3. The summed E-state index contributed by atoms with van der Waals surface area (Å²) in [5.74, 6) is -0.999. The van der Waals surface area contributed by atoms with Crippen molar-refractivity contribution >= 4 is 11.9 Å². The van der Waals surface area contributed by atoms with Gasteiger partial charge in [0.15, 0.2) is 0 Å². The van der Waals surface area contributed by atoms with Crippen LogP contribution in [0.25, 0.3) is 0 Å². The summed E-state index contributed by atoms with van der Waals surface area (Å²) in [5.41, 5.74) is 0.828. The molecule has 1 aliphatic heterocycles. The van der Waals surface area contributed by atoms with Gasteiger partial charge in [0, 0.05) is 13.0 Å². The molecular formula is C16H22N2O3. The number of aliphatic carboxylic acids is 1. The van der Waals surface area contributed by atoms with E-state index in [9.17, 15) is 9.59 Å². The van der Waals surface area contributed by atoms with Crippen molar-refractivity contribution < 1.29 is 14.7 Å². The topological polar surface area (TPSA) is 69.6 Å². The molecule has 2 N–H and O–H groups in total. The number of amides is 1. The summed E-state index contributed by atoms with van der Waals surface area (Å²) in [5, 5.41) is 11.8. The van der Waals surface area contributed by atoms with E-state index in [0.717, 1.165) is 25.2 Å². The average Bonchev–Trinajstić information content (AvgIpc) is 2.98. The smallest absolute Gasteiger partial charge is 0.305 e. The Balaban J connectivity index is 1.88. The van der Waals surface area contributed by atoms with Gasteiger partial charge in [-0.1, -0.05) is 30.3 Å². The minimum Gasteiger partial charge on any atom is -0.481 e. The predicted octanol–water partition coefficient (Wildman–Crippen LogP) is 1.80. The third-order valence-electron chi connectivity index (χ3n) is 3.77. The predicted molar refractivity (Wildman–Crippen MR) is 79.9 cm³/mol. The second-order valence-corrected chi connectivity index (χ2v) is 5.43. The van der Waals surface area contributed by atoms with Crippen LogP contribution >= 0.6 is 0 Å². The van der Waals surface area contributed by atoms with Gasteiger partial charge in [-0.2, -0.15) is 0 Å². The van der Waals surface area contributed by atoms with Crippen molar-refractivity contribution in [1.82, 2.24) is 10.2 Å². The third kappa shape index (κ3) is 5.19. The number of carbonyl (C=O) groups excluding carboxylic acids is 1. The van der Waals surface area contributed by atoms with Crippen molar-refractivity contribution in [1.29, 1.82) is 0 Å². The minimum atomic E-state index is -0.913. The number of likely N-dealkylation sites (tertiary alicyclic amines) is 1. The van der Waals surface area contributed by atoms with E-state index in [1.54, 1.807) is 0 Å². The van der Waals surface area contributed by atoms with E-state index in [1.807, 2.05) is 30.3 Å². The lowest BCUT2D eigenvalue weighted by molar-refractivity contribution is -0.137. The highest BCUT2D eigenvalue weighted by atomic mass is 16.4. The molecule has 5 nitrogen and oxygen atoms in total. The quantitative estimate of drug-likeness (QED) is 0.803. The second-order valence-electron chi connectivity index (χ2n) is 5.43. The molecule has 1 aromatic carbocycles.